The van der Waals surface area contributed by atoms with Crippen LogP contribution in [0.1, 0.15) is 45.8 Å². The highest BCUT2D eigenvalue weighted by Crippen LogP contribution is 2.38. The van der Waals surface area contributed by atoms with E-state index in [0.29, 0.717) is 5.69 Å². The fourth-order valence-corrected chi connectivity index (χ4v) is 2.74. The van der Waals surface area contributed by atoms with Crippen LogP contribution in [0.15, 0.2) is 24.3 Å². The first-order valence-electron chi connectivity index (χ1n) is 6.54. The van der Waals surface area contributed by atoms with Gasteiger partial charge in [0.2, 0.25) is 0 Å². The normalized spacial score (nSPS) is 17.9. The number of aryl methyl sites for hydroxylation is 2. The summed E-state index contributed by atoms with van der Waals surface area (Å²) in [6, 6.07) is 8.44. The first-order chi connectivity index (χ1) is 9.13. The zero-order valence-corrected chi connectivity index (χ0v) is 11.4. The number of H-pyrrole nitrogens is 1. The second kappa shape index (κ2) is 4.23. The predicted molar refractivity (Wildman–Crippen MR) is 73.1 cm³/mol. The monoisotopic (exact) mass is 255 g/mol. The van der Waals surface area contributed by atoms with E-state index in [2.05, 4.69) is 41.4 Å². The molecule has 98 valence electrons. The molecule has 2 heterocycles. The van der Waals surface area contributed by atoms with Gasteiger partial charge in [0.15, 0.2) is 5.69 Å². The number of amides is 1. The lowest BCUT2D eigenvalue weighted by molar-refractivity contribution is 0.0787. The third-order valence-corrected chi connectivity index (χ3v) is 3.88. The van der Waals surface area contributed by atoms with Crippen LogP contribution in [0.4, 0.5) is 0 Å². The van der Waals surface area contributed by atoms with Crippen molar-refractivity contribution in [2.75, 3.05) is 7.05 Å². The van der Waals surface area contributed by atoms with Crippen LogP contribution in [0, 0.1) is 6.92 Å². The van der Waals surface area contributed by atoms with Gasteiger partial charge >= 0.3 is 0 Å². The van der Waals surface area contributed by atoms with E-state index in [1.165, 1.54) is 5.56 Å². The molecule has 0 fully saturated rings. The Bertz CT molecular complexity index is 627. The Hall–Kier alpha value is -2.10. The predicted octanol–water partition coefficient (Wildman–Crippen LogP) is 2.46. The Balaban J connectivity index is 2.08. The summed E-state index contributed by atoms with van der Waals surface area (Å²) in [6.45, 7) is 4.10. The largest absolute Gasteiger partial charge is 0.329 e. The molecule has 1 aliphatic rings. The molecule has 4 heteroatoms. The number of rotatable bonds is 2. The van der Waals surface area contributed by atoms with E-state index in [9.17, 15) is 4.79 Å². The first-order valence-corrected chi connectivity index (χ1v) is 6.54. The Morgan fingerprint density at radius 1 is 1.32 bits per heavy atom. The van der Waals surface area contributed by atoms with Gasteiger partial charge in [-0.2, -0.15) is 5.10 Å². The number of hydrogen-bond donors (Lipinski definition) is 1. The number of aromatic amines is 1. The van der Waals surface area contributed by atoms with Crippen molar-refractivity contribution < 1.29 is 4.79 Å². The lowest BCUT2D eigenvalue weighted by atomic mass is 9.98. The minimum Gasteiger partial charge on any atom is -0.329 e. The number of aromatic nitrogens is 2. The molecule has 19 heavy (non-hydrogen) atoms. The van der Waals surface area contributed by atoms with Crippen LogP contribution in [0.5, 0.6) is 0 Å². The summed E-state index contributed by atoms with van der Waals surface area (Å²) >= 11 is 0. The topological polar surface area (TPSA) is 49.0 Å². The maximum Gasteiger partial charge on any atom is 0.275 e. The average molecular weight is 255 g/mol. The summed E-state index contributed by atoms with van der Waals surface area (Å²) in [5, 5.41) is 7.04. The Labute approximate surface area is 112 Å². The summed E-state index contributed by atoms with van der Waals surface area (Å²) in [4.78, 5) is 13.9. The van der Waals surface area contributed by atoms with Crippen molar-refractivity contribution in [1.82, 2.24) is 15.1 Å². The highest BCUT2D eigenvalue weighted by Gasteiger charge is 2.39. The van der Waals surface area contributed by atoms with Crippen molar-refractivity contribution >= 4 is 5.91 Å². The second-order valence-electron chi connectivity index (χ2n) is 5.02. The lowest BCUT2D eigenvalue weighted by Crippen LogP contribution is -2.24. The molecule has 1 aliphatic heterocycles. The maximum absolute atomic E-state index is 12.2. The summed E-state index contributed by atoms with van der Waals surface area (Å²) in [6.07, 6.45) is 1.02. The van der Waals surface area contributed by atoms with E-state index in [1.54, 1.807) is 4.90 Å². The molecule has 1 aromatic carbocycles. The average Bonchev–Trinajstić information content (AvgIpc) is 2.92. The molecule has 0 aliphatic carbocycles. The number of benzene rings is 1. The van der Waals surface area contributed by atoms with Crippen molar-refractivity contribution in [2.45, 2.75) is 26.3 Å². The van der Waals surface area contributed by atoms with Crippen LogP contribution in [-0.4, -0.2) is 28.1 Å². The third kappa shape index (κ3) is 1.67. The van der Waals surface area contributed by atoms with Gasteiger partial charge in [-0.15, -0.1) is 0 Å². The molecule has 0 saturated carbocycles. The number of nitrogens with zero attached hydrogens (tertiary/aromatic N) is 2. The van der Waals surface area contributed by atoms with Gasteiger partial charge in [0.1, 0.15) is 0 Å². The molecule has 1 atom stereocenters. The maximum atomic E-state index is 12.2. The van der Waals surface area contributed by atoms with Gasteiger partial charge in [0.25, 0.3) is 5.91 Å². The molecule has 1 aromatic heterocycles. The summed E-state index contributed by atoms with van der Waals surface area (Å²) in [5.74, 6) is -0.0103. The number of nitrogens with one attached hydrogen (secondary N) is 1. The molecule has 2 aromatic rings. The van der Waals surface area contributed by atoms with Gasteiger partial charge in [-0.1, -0.05) is 31.2 Å². The van der Waals surface area contributed by atoms with E-state index in [-0.39, 0.29) is 11.9 Å². The van der Waals surface area contributed by atoms with Crippen LogP contribution in [-0.2, 0) is 6.42 Å². The molecule has 3 rings (SSSR count). The molecule has 0 saturated heterocycles. The van der Waals surface area contributed by atoms with Crippen molar-refractivity contribution in [3.63, 3.8) is 0 Å². The molecular weight excluding hydrogens is 238 g/mol. The standard InChI is InChI=1S/C15H17N3O/c1-4-10-5-7-11(8-6-10)14-12-9(2)16-17-13(12)15(19)18(14)3/h5-8,14H,4H2,1-3H3,(H,16,17)/t14-/m0/s1. The van der Waals surface area contributed by atoms with Gasteiger partial charge in [0.05, 0.1) is 6.04 Å². The molecule has 0 unspecified atom stereocenters. The highest BCUT2D eigenvalue weighted by atomic mass is 16.2. The number of hydrogen-bond acceptors (Lipinski definition) is 2. The summed E-state index contributed by atoms with van der Waals surface area (Å²) < 4.78 is 0. The Kier molecular flexibility index (Phi) is 2.66. The van der Waals surface area contributed by atoms with Crippen LogP contribution in [0.25, 0.3) is 0 Å². The Morgan fingerprint density at radius 3 is 2.63 bits per heavy atom. The first kappa shape index (κ1) is 12.0. The van der Waals surface area contributed by atoms with E-state index in [0.717, 1.165) is 23.2 Å². The van der Waals surface area contributed by atoms with Gasteiger partial charge in [-0.3, -0.25) is 9.89 Å². The van der Waals surface area contributed by atoms with Crippen LogP contribution in [0.3, 0.4) is 0 Å². The SMILES string of the molecule is CCc1ccc([C@H]2c3c(n[nH]c3C)C(=O)N2C)cc1. The van der Waals surface area contributed by atoms with E-state index in [1.807, 2.05) is 14.0 Å². The van der Waals surface area contributed by atoms with Crippen molar-refractivity contribution in [3.8, 4) is 0 Å². The minimum absolute atomic E-state index is 0.0103. The fraction of sp³-hybridized carbons (Fsp3) is 0.333. The molecule has 1 N–H and O–H groups in total. The second-order valence-corrected chi connectivity index (χ2v) is 5.02. The smallest absolute Gasteiger partial charge is 0.275 e. The van der Waals surface area contributed by atoms with Gasteiger partial charge in [-0.25, -0.2) is 0 Å². The van der Waals surface area contributed by atoms with E-state index in [4.69, 9.17) is 0 Å². The lowest BCUT2D eigenvalue weighted by Gasteiger charge is -2.21. The van der Waals surface area contributed by atoms with Gasteiger partial charge < -0.3 is 4.90 Å². The molecule has 0 spiro atoms. The van der Waals surface area contributed by atoms with E-state index >= 15 is 0 Å². The minimum atomic E-state index is -0.0212. The van der Waals surface area contributed by atoms with Crippen molar-refractivity contribution in [1.29, 1.82) is 0 Å². The quantitative estimate of drug-likeness (QED) is 0.896. The zero-order chi connectivity index (χ0) is 13.6. The molecule has 4 nitrogen and oxygen atoms in total. The number of fused-ring (bicyclic) bond motifs is 1. The van der Waals surface area contributed by atoms with Crippen molar-refractivity contribution in [2.24, 2.45) is 0 Å². The zero-order valence-electron chi connectivity index (χ0n) is 11.4. The van der Waals surface area contributed by atoms with Crippen LogP contribution >= 0.6 is 0 Å². The Morgan fingerprint density at radius 2 is 2.00 bits per heavy atom. The molecule has 0 radical (unpaired) electrons. The van der Waals surface area contributed by atoms with Crippen LogP contribution in [0.2, 0.25) is 0 Å². The molecular formula is C15H17N3O. The highest BCUT2D eigenvalue weighted by molar-refractivity contribution is 5.98. The van der Waals surface area contributed by atoms with Crippen LogP contribution < -0.4 is 0 Å². The fourth-order valence-electron chi connectivity index (χ4n) is 2.74. The third-order valence-electron chi connectivity index (χ3n) is 3.88. The molecule has 1 amide bonds. The molecule has 0 bridgehead atoms. The summed E-state index contributed by atoms with van der Waals surface area (Å²) in [7, 11) is 1.84. The van der Waals surface area contributed by atoms with Crippen molar-refractivity contribution in [3.05, 3.63) is 52.3 Å². The van der Waals surface area contributed by atoms with E-state index < -0.39 is 0 Å². The summed E-state index contributed by atoms with van der Waals surface area (Å²) in [5.41, 5.74) is 4.98. The number of carbonyl (C=O) groups excluding carboxylic acids is 1. The van der Waals surface area contributed by atoms with Gasteiger partial charge in [-0.05, 0) is 24.5 Å². The number of carbonyl (C=O) groups is 1. The van der Waals surface area contributed by atoms with Gasteiger partial charge in [0, 0.05) is 18.3 Å².